The minimum Gasteiger partial charge on any atom is -0.384 e. The lowest BCUT2D eigenvalue weighted by Gasteiger charge is -2.17. The van der Waals surface area contributed by atoms with Crippen molar-refractivity contribution in [3.05, 3.63) is 17.6 Å². The van der Waals surface area contributed by atoms with Crippen LogP contribution in [-0.4, -0.2) is 9.97 Å². The van der Waals surface area contributed by atoms with E-state index in [2.05, 4.69) is 30.7 Å². The third-order valence-electron chi connectivity index (χ3n) is 2.50. The average Bonchev–Trinajstić information content (AvgIpc) is 2.80. The first-order valence-corrected chi connectivity index (χ1v) is 5.57. The minimum atomic E-state index is 0.217. The van der Waals surface area contributed by atoms with Gasteiger partial charge in [-0.15, -0.1) is 0 Å². The van der Waals surface area contributed by atoms with Crippen LogP contribution >= 0.6 is 0 Å². The fraction of sp³-hybridized carbons (Fsp3) is 0.667. The molecule has 15 heavy (non-hydrogen) atoms. The van der Waals surface area contributed by atoms with Crippen LogP contribution in [0.1, 0.15) is 51.0 Å². The topological polar surface area (TPSA) is 51.8 Å². The summed E-state index contributed by atoms with van der Waals surface area (Å²) in [6.45, 7) is 6.57. The first kappa shape index (κ1) is 10.4. The van der Waals surface area contributed by atoms with E-state index in [0.717, 1.165) is 17.9 Å². The summed E-state index contributed by atoms with van der Waals surface area (Å²) >= 11 is 0. The number of aromatic nitrogens is 2. The standard InChI is InChI=1S/C12H19N3/c1-12(2,3)7-11-14-9(8-4-5-8)6-10(13)15-11/h6,8H,4-5,7H2,1-3H3,(H2,13,14,15). The smallest absolute Gasteiger partial charge is 0.131 e. The monoisotopic (exact) mass is 205 g/mol. The number of rotatable bonds is 2. The zero-order chi connectivity index (χ0) is 11.1. The fourth-order valence-corrected chi connectivity index (χ4v) is 1.68. The molecule has 0 saturated heterocycles. The van der Waals surface area contributed by atoms with Crippen molar-refractivity contribution in [3.8, 4) is 0 Å². The van der Waals surface area contributed by atoms with Gasteiger partial charge in [0.15, 0.2) is 0 Å². The Hall–Kier alpha value is -1.12. The summed E-state index contributed by atoms with van der Waals surface area (Å²) in [4.78, 5) is 8.89. The van der Waals surface area contributed by atoms with Crippen LogP contribution in [-0.2, 0) is 6.42 Å². The molecule has 0 aromatic carbocycles. The minimum absolute atomic E-state index is 0.217. The second-order valence-electron chi connectivity index (χ2n) is 5.65. The molecular weight excluding hydrogens is 186 g/mol. The van der Waals surface area contributed by atoms with Gasteiger partial charge in [0, 0.05) is 24.1 Å². The van der Waals surface area contributed by atoms with Gasteiger partial charge in [0.1, 0.15) is 11.6 Å². The zero-order valence-corrected chi connectivity index (χ0v) is 9.75. The molecule has 1 aromatic rings. The van der Waals surface area contributed by atoms with Crippen molar-refractivity contribution in [2.45, 2.75) is 46.0 Å². The highest BCUT2D eigenvalue weighted by Gasteiger charge is 2.26. The van der Waals surface area contributed by atoms with Crippen molar-refractivity contribution >= 4 is 5.82 Å². The Bertz CT molecular complexity index is 362. The molecule has 1 aromatic heterocycles. The van der Waals surface area contributed by atoms with Crippen LogP contribution in [0.15, 0.2) is 6.07 Å². The van der Waals surface area contributed by atoms with Crippen molar-refractivity contribution in [2.24, 2.45) is 5.41 Å². The predicted molar refractivity (Wildman–Crippen MR) is 61.6 cm³/mol. The molecule has 0 bridgehead atoms. The molecule has 1 saturated carbocycles. The Morgan fingerprint density at radius 3 is 2.53 bits per heavy atom. The SMILES string of the molecule is CC(C)(C)Cc1nc(N)cc(C2CC2)n1. The van der Waals surface area contributed by atoms with E-state index in [4.69, 9.17) is 5.73 Å². The number of nitrogens with two attached hydrogens (primary N) is 1. The van der Waals surface area contributed by atoms with Gasteiger partial charge in [-0.05, 0) is 18.3 Å². The van der Waals surface area contributed by atoms with Gasteiger partial charge >= 0.3 is 0 Å². The van der Waals surface area contributed by atoms with Gasteiger partial charge in [-0.2, -0.15) is 0 Å². The van der Waals surface area contributed by atoms with E-state index in [1.54, 1.807) is 0 Å². The van der Waals surface area contributed by atoms with Gasteiger partial charge in [0.2, 0.25) is 0 Å². The molecule has 2 N–H and O–H groups in total. The van der Waals surface area contributed by atoms with Crippen molar-refractivity contribution in [3.63, 3.8) is 0 Å². The van der Waals surface area contributed by atoms with E-state index in [1.165, 1.54) is 12.8 Å². The highest BCUT2D eigenvalue weighted by molar-refractivity contribution is 5.33. The normalized spacial score (nSPS) is 16.7. The number of hydrogen-bond acceptors (Lipinski definition) is 3. The highest BCUT2D eigenvalue weighted by atomic mass is 15.0. The maximum absolute atomic E-state index is 5.79. The molecule has 1 aliphatic carbocycles. The average molecular weight is 205 g/mol. The highest BCUT2D eigenvalue weighted by Crippen LogP contribution is 2.39. The van der Waals surface area contributed by atoms with Crippen LogP contribution in [0.2, 0.25) is 0 Å². The number of nitrogen functional groups attached to an aromatic ring is 1. The summed E-state index contributed by atoms with van der Waals surface area (Å²) in [7, 11) is 0. The van der Waals surface area contributed by atoms with Gasteiger partial charge in [0.05, 0.1) is 0 Å². The molecule has 82 valence electrons. The van der Waals surface area contributed by atoms with E-state index >= 15 is 0 Å². The second kappa shape index (κ2) is 3.47. The molecule has 0 atom stereocenters. The van der Waals surface area contributed by atoms with Crippen LogP contribution in [0.5, 0.6) is 0 Å². The van der Waals surface area contributed by atoms with Crippen LogP contribution in [0.25, 0.3) is 0 Å². The van der Waals surface area contributed by atoms with Crippen LogP contribution < -0.4 is 5.73 Å². The Labute approximate surface area is 91.1 Å². The maximum Gasteiger partial charge on any atom is 0.131 e. The van der Waals surface area contributed by atoms with Crippen molar-refractivity contribution < 1.29 is 0 Å². The van der Waals surface area contributed by atoms with Crippen LogP contribution in [0, 0.1) is 5.41 Å². The van der Waals surface area contributed by atoms with Crippen molar-refractivity contribution in [2.75, 3.05) is 5.73 Å². The Morgan fingerprint density at radius 1 is 1.33 bits per heavy atom. The molecule has 3 nitrogen and oxygen atoms in total. The second-order valence-corrected chi connectivity index (χ2v) is 5.65. The van der Waals surface area contributed by atoms with E-state index < -0.39 is 0 Å². The lowest BCUT2D eigenvalue weighted by Crippen LogP contribution is -2.13. The van der Waals surface area contributed by atoms with E-state index in [1.807, 2.05) is 6.07 Å². The van der Waals surface area contributed by atoms with Gasteiger partial charge < -0.3 is 5.73 Å². The number of nitrogens with zero attached hydrogens (tertiary/aromatic N) is 2. The van der Waals surface area contributed by atoms with Gasteiger partial charge in [-0.1, -0.05) is 20.8 Å². The number of hydrogen-bond donors (Lipinski definition) is 1. The largest absolute Gasteiger partial charge is 0.384 e. The lowest BCUT2D eigenvalue weighted by molar-refractivity contribution is 0.400. The summed E-state index contributed by atoms with van der Waals surface area (Å²) < 4.78 is 0. The molecule has 1 fully saturated rings. The maximum atomic E-state index is 5.79. The molecule has 0 unspecified atom stereocenters. The predicted octanol–water partition coefficient (Wildman–Crippen LogP) is 2.52. The quantitative estimate of drug-likeness (QED) is 0.807. The summed E-state index contributed by atoms with van der Waals surface area (Å²) in [5.74, 6) is 2.16. The first-order chi connectivity index (χ1) is 6.94. The van der Waals surface area contributed by atoms with Crippen LogP contribution in [0.3, 0.4) is 0 Å². The van der Waals surface area contributed by atoms with E-state index in [9.17, 15) is 0 Å². The summed E-state index contributed by atoms with van der Waals surface area (Å²) in [6, 6.07) is 1.92. The molecule has 1 heterocycles. The zero-order valence-electron chi connectivity index (χ0n) is 9.75. The van der Waals surface area contributed by atoms with Gasteiger partial charge in [-0.3, -0.25) is 0 Å². The molecular formula is C12H19N3. The summed E-state index contributed by atoms with van der Waals surface area (Å²) in [5.41, 5.74) is 7.15. The Morgan fingerprint density at radius 2 is 2.00 bits per heavy atom. The first-order valence-electron chi connectivity index (χ1n) is 5.57. The third-order valence-corrected chi connectivity index (χ3v) is 2.50. The molecule has 0 radical (unpaired) electrons. The van der Waals surface area contributed by atoms with Gasteiger partial charge in [-0.25, -0.2) is 9.97 Å². The Kier molecular flexibility index (Phi) is 2.41. The fourth-order valence-electron chi connectivity index (χ4n) is 1.68. The van der Waals surface area contributed by atoms with Gasteiger partial charge in [0.25, 0.3) is 0 Å². The molecule has 0 aliphatic heterocycles. The molecule has 2 rings (SSSR count). The summed E-state index contributed by atoms with van der Waals surface area (Å²) in [6.07, 6.45) is 3.40. The Balaban J connectivity index is 2.23. The molecule has 1 aliphatic rings. The lowest BCUT2D eigenvalue weighted by atomic mass is 9.92. The number of anilines is 1. The third kappa shape index (κ3) is 2.91. The van der Waals surface area contributed by atoms with Crippen LogP contribution in [0.4, 0.5) is 5.82 Å². The molecule has 0 spiro atoms. The molecule has 0 amide bonds. The van der Waals surface area contributed by atoms with E-state index in [0.29, 0.717) is 11.7 Å². The summed E-state index contributed by atoms with van der Waals surface area (Å²) in [5, 5.41) is 0. The van der Waals surface area contributed by atoms with Crippen molar-refractivity contribution in [1.82, 2.24) is 9.97 Å². The van der Waals surface area contributed by atoms with Crippen molar-refractivity contribution in [1.29, 1.82) is 0 Å². The van der Waals surface area contributed by atoms with E-state index in [-0.39, 0.29) is 5.41 Å². The molecule has 3 heteroatoms.